The third kappa shape index (κ3) is 3.21. The molecule has 1 fully saturated rings. The van der Waals surface area contributed by atoms with Gasteiger partial charge in [-0.25, -0.2) is 4.79 Å². The second kappa shape index (κ2) is 5.21. The predicted octanol–water partition coefficient (Wildman–Crippen LogP) is 3.52. The summed E-state index contributed by atoms with van der Waals surface area (Å²) in [5, 5.41) is 9.91. The summed E-state index contributed by atoms with van der Waals surface area (Å²) in [5.74, 6) is 0.119. The Kier molecular flexibility index (Phi) is 3.92. The van der Waals surface area contributed by atoms with Crippen molar-refractivity contribution >= 4 is 5.97 Å². The molecule has 20 heavy (non-hydrogen) atoms. The molecule has 0 radical (unpaired) electrons. The minimum Gasteiger partial charge on any atom is -0.465 e. The van der Waals surface area contributed by atoms with E-state index in [1.807, 2.05) is 31.2 Å². The highest BCUT2D eigenvalue weighted by atomic mass is 16.5. The van der Waals surface area contributed by atoms with Crippen LogP contribution >= 0.6 is 0 Å². The lowest BCUT2D eigenvalue weighted by Crippen LogP contribution is -2.48. The molecule has 0 heterocycles. The normalized spacial score (nSPS) is 30.4. The number of aliphatic hydroxyl groups is 1. The van der Waals surface area contributed by atoms with Gasteiger partial charge in [-0.2, -0.15) is 0 Å². The molecule has 1 saturated carbocycles. The lowest BCUT2D eigenvalue weighted by Gasteiger charge is -2.51. The summed E-state index contributed by atoms with van der Waals surface area (Å²) in [5.41, 5.74) is 1.55. The van der Waals surface area contributed by atoms with Gasteiger partial charge >= 0.3 is 5.97 Å². The van der Waals surface area contributed by atoms with Gasteiger partial charge in [0, 0.05) is 0 Å². The second-order valence-electron chi connectivity index (χ2n) is 6.88. The first-order valence-electron chi connectivity index (χ1n) is 7.15. The molecule has 0 amide bonds. The van der Waals surface area contributed by atoms with Gasteiger partial charge in [0.15, 0.2) is 0 Å². The van der Waals surface area contributed by atoms with Crippen molar-refractivity contribution in [2.24, 2.45) is 5.41 Å². The summed E-state index contributed by atoms with van der Waals surface area (Å²) in [6, 6.07) is 7.63. The minimum absolute atomic E-state index is 0.226. The third-order valence-corrected chi connectivity index (χ3v) is 4.32. The number of esters is 1. The maximum absolute atomic E-state index is 11.4. The van der Waals surface area contributed by atoms with Crippen LogP contribution in [0.3, 0.4) is 0 Å². The number of hydrogen-bond donors (Lipinski definition) is 1. The van der Waals surface area contributed by atoms with Crippen LogP contribution in [0.5, 0.6) is 0 Å². The van der Waals surface area contributed by atoms with E-state index in [9.17, 15) is 9.90 Å². The molecular weight excluding hydrogens is 252 g/mol. The number of rotatable bonds is 4. The summed E-state index contributed by atoms with van der Waals surface area (Å²) in [4.78, 5) is 11.4. The average Bonchev–Trinajstić information content (AvgIpc) is 2.35. The fourth-order valence-electron chi connectivity index (χ4n) is 3.85. The van der Waals surface area contributed by atoms with Crippen LogP contribution in [-0.2, 0) is 4.74 Å². The molecule has 1 unspecified atom stereocenters. The van der Waals surface area contributed by atoms with E-state index in [-0.39, 0.29) is 11.4 Å². The highest BCUT2D eigenvalue weighted by molar-refractivity contribution is 5.89. The van der Waals surface area contributed by atoms with E-state index in [1.165, 1.54) is 12.7 Å². The number of carbonyl (C=O) groups excluding carboxylic acids is 1. The minimum atomic E-state index is -0.483. The van der Waals surface area contributed by atoms with Crippen molar-refractivity contribution in [3.05, 3.63) is 35.4 Å². The van der Waals surface area contributed by atoms with Crippen molar-refractivity contribution in [2.75, 3.05) is 7.11 Å². The summed E-state index contributed by atoms with van der Waals surface area (Å²) >= 11 is 0. The Bertz CT molecular complexity index is 479. The van der Waals surface area contributed by atoms with Crippen LogP contribution < -0.4 is 0 Å². The quantitative estimate of drug-likeness (QED) is 0.856. The number of carbonyl (C=O) groups is 1. The summed E-state index contributed by atoms with van der Waals surface area (Å²) in [7, 11) is 1.39. The van der Waals surface area contributed by atoms with E-state index in [1.54, 1.807) is 0 Å². The smallest absolute Gasteiger partial charge is 0.337 e. The van der Waals surface area contributed by atoms with Gasteiger partial charge in [0.05, 0.1) is 18.3 Å². The van der Waals surface area contributed by atoms with Crippen LogP contribution in [0.4, 0.5) is 0 Å². The van der Waals surface area contributed by atoms with Crippen LogP contribution in [0, 0.1) is 5.41 Å². The molecule has 3 heteroatoms. The van der Waals surface area contributed by atoms with Gasteiger partial charge in [-0.1, -0.05) is 26.0 Å². The van der Waals surface area contributed by atoms with E-state index < -0.39 is 5.60 Å². The standard InChI is InChI=1S/C17H24O3/c1-12(9-16(2)10-17(3,19)11-16)13-5-7-14(8-6-13)15(18)20-4/h5-8,12,19H,9-11H2,1-4H3. The van der Waals surface area contributed by atoms with Gasteiger partial charge in [-0.05, 0) is 55.2 Å². The van der Waals surface area contributed by atoms with Gasteiger partial charge in [0.25, 0.3) is 0 Å². The Morgan fingerprint density at radius 1 is 1.30 bits per heavy atom. The van der Waals surface area contributed by atoms with Crippen molar-refractivity contribution in [3.8, 4) is 0 Å². The molecule has 1 aliphatic carbocycles. The lowest BCUT2D eigenvalue weighted by molar-refractivity contribution is -0.111. The Morgan fingerprint density at radius 2 is 1.85 bits per heavy atom. The Labute approximate surface area is 121 Å². The zero-order valence-corrected chi connectivity index (χ0v) is 12.8. The second-order valence-corrected chi connectivity index (χ2v) is 6.88. The third-order valence-electron chi connectivity index (χ3n) is 4.32. The first-order valence-corrected chi connectivity index (χ1v) is 7.15. The molecular formula is C17H24O3. The SMILES string of the molecule is COC(=O)c1ccc(C(C)CC2(C)CC(C)(O)C2)cc1. The van der Waals surface area contributed by atoms with Crippen molar-refractivity contribution in [1.29, 1.82) is 0 Å². The van der Waals surface area contributed by atoms with Gasteiger partial charge in [0.2, 0.25) is 0 Å². The predicted molar refractivity (Wildman–Crippen MR) is 78.8 cm³/mol. The van der Waals surface area contributed by atoms with Gasteiger partial charge < -0.3 is 9.84 Å². The molecule has 1 aliphatic rings. The fraction of sp³-hybridized carbons (Fsp3) is 0.588. The van der Waals surface area contributed by atoms with Crippen molar-refractivity contribution in [2.45, 2.75) is 51.6 Å². The fourth-order valence-corrected chi connectivity index (χ4v) is 3.85. The van der Waals surface area contributed by atoms with Crippen molar-refractivity contribution in [3.63, 3.8) is 0 Å². The van der Waals surface area contributed by atoms with E-state index >= 15 is 0 Å². The van der Waals surface area contributed by atoms with Crippen molar-refractivity contribution in [1.82, 2.24) is 0 Å². The zero-order valence-electron chi connectivity index (χ0n) is 12.8. The molecule has 110 valence electrons. The molecule has 1 atom stereocenters. The van der Waals surface area contributed by atoms with Gasteiger partial charge in [-0.15, -0.1) is 0 Å². The Balaban J connectivity index is 2.00. The Morgan fingerprint density at radius 3 is 2.30 bits per heavy atom. The molecule has 0 saturated heterocycles. The molecule has 0 aliphatic heterocycles. The van der Waals surface area contributed by atoms with Crippen LogP contribution in [0.25, 0.3) is 0 Å². The maximum Gasteiger partial charge on any atom is 0.337 e. The molecule has 1 aromatic rings. The van der Waals surface area contributed by atoms with E-state index in [2.05, 4.69) is 13.8 Å². The van der Waals surface area contributed by atoms with E-state index in [0.717, 1.165) is 19.3 Å². The molecule has 2 rings (SSSR count). The van der Waals surface area contributed by atoms with E-state index in [0.29, 0.717) is 11.5 Å². The summed E-state index contributed by atoms with van der Waals surface area (Å²) < 4.78 is 4.70. The molecule has 3 nitrogen and oxygen atoms in total. The topological polar surface area (TPSA) is 46.5 Å². The highest BCUT2D eigenvalue weighted by Gasteiger charge is 2.47. The van der Waals surface area contributed by atoms with Crippen LogP contribution in [-0.4, -0.2) is 23.8 Å². The molecule has 0 bridgehead atoms. The van der Waals surface area contributed by atoms with Crippen LogP contribution in [0.2, 0.25) is 0 Å². The molecule has 0 aromatic heterocycles. The zero-order chi connectivity index (χ0) is 15.0. The van der Waals surface area contributed by atoms with Gasteiger partial charge in [0.1, 0.15) is 0 Å². The van der Waals surface area contributed by atoms with Crippen molar-refractivity contribution < 1.29 is 14.6 Å². The first kappa shape index (κ1) is 15.0. The molecule has 1 N–H and O–H groups in total. The highest BCUT2D eigenvalue weighted by Crippen LogP contribution is 2.52. The monoisotopic (exact) mass is 276 g/mol. The number of hydrogen-bond acceptors (Lipinski definition) is 3. The van der Waals surface area contributed by atoms with Crippen LogP contribution in [0.15, 0.2) is 24.3 Å². The summed E-state index contributed by atoms with van der Waals surface area (Å²) in [6.07, 6.45) is 2.79. The molecule has 1 aromatic carbocycles. The average molecular weight is 276 g/mol. The maximum atomic E-state index is 11.4. The number of benzene rings is 1. The van der Waals surface area contributed by atoms with E-state index in [4.69, 9.17) is 4.74 Å². The van der Waals surface area contributed by atoms with Gasteiger partial charge in [-0.3, -0.25) is 0 Å². The number of ether oxygens (including phenoxy) is 1. The summed E-state index contributed by atoms with van der Waals surface area (Å²) in [6.45, 7) is 6.35. The number of methoxy groups -OCH3 is 1. The Hall–Kier alpha value is -1.35. The largest absolute Gasteiger partial charge is 0.465 e. The first-order chi connectivity index (χ1) is 9.25. The lowest BCUT2D eigenvalue weighted by atomic mass is 9.57. The van der Waals surface area contributed by atoms with Crippen LogP contribution in [0.1, 0.15) is 61.9 Å². The molecule has 0 spiro atoms.